The Balaban J connectivity index is 1.98. The third kappa shape index (κ3) is 3.36. The summed E-state index contributed by atoms with van der Waals surface area (Å²) in [7, 11) is 0. The number of nitrogens with one attached hydrogen (secondary N) is 2. The molecule has 1 fully saturated rings. The van der Waals surface area contributed by atoms with Crippen molar-refractivity contribution in [2.24, 2.45) is 0 Å². The van der Waals surface area contributed by atoms with Gasteiger partial charge in [-0.1, -0.05) is 0 Å². The molecule has 0 amide bonds. The van der Waals surface area contributed by atoms with Crippen LogP contribution in [-0.2, 0) is 6.18 Å². The zero-order chi connectivity index (χ0) is 12.3. The van der Waals surface area contributed by atoms with Crippen LogP contribution < -0.4 is 10.6 Å². The average Bonchev–Trinajstić information content (AvgIpc) is 2.30. The number of anilines is 1. The molecule has 1 saturated heterocycles. The molecule has 2 nitrogen and oxygen atoms in total. The van der Waals surface area contributed by atoms with E-state index in [1.807, 2.05) is 0 Å². The molecule has 1 aliphatic rings. The molecule has 5 heteroatoms. The molecule has 0 spiro atoms. The number of piperidine rings is 1. The molecule has 0 aliphatic carbocycles. The quantitative estimate of drug-likeness (QED) is 0.836. The molecule has 1 aromatic carbocycles. The van der Waals surface area contributed by atoms with E-state index in [9.17, 15) is 13.2 Å². The minimum atomic E-state index is -4.26. The maximum atomic E-state index is 12.3. The fourth-order valence-electron chi connectivity index (χ4n) is 1.96. The summed E-state index contributed by atoms with van der Waals surface area (Å²) in [5, 5.41) is 6.49. The molecule has 0 atom stereocenters. The van der Waals surface area contributed by atoms with E-state index in [1.54, 1.807) is 0 Å². The Bertz CT molecular complexity index is 353. The minimum Gasteiger partial charge on any atom is -0.382 e. The monoisotopic (exact) mass is 244 g/mol. The number of hydrogen-bond donors (Lipinski definition) is 2. The lowest BCUT2D eigenvalue weighted by Gasteiger charge is -2.24. The van der Waals surface area contributed by atoms with Gasteiger partial charge in [0.1, 0.15) is 0 Å². The van der Waals surface area contributed by atoms with Crippen LogP contribution in [0.5, 0.6) is 0 Å². The van der Waals surface area contributed by atoms with Gasteiger partial charge in [0.2, 0.25) is 0 Å². The maximum Gasteiger partial charge on any atom is 0.416 e. The van der Waals surface area contributed by atoms with E-state index in [0.29, 0.717) is 6.04 Å². The highest BCUT2D eigenvalue weighted by Gasteiger charge is 2.30. The number of rotatable bonds is 2. The van der Waals surface area contributed by atoms with Gasteiger partial charge >= 0.3 is 6.18 Å². The second-order valence-electron chi connectivity index (χ2n) is 4.24. The standard InChI is InChI=1S/C12H15F3N2/c13-12(14,15)9-1-3-10(4-2-9)17-11-5-7-16-8-6-11/h1-4,11,16-17H,5-8H2. The smallest absolute Gasteiger partial charge is 0.382 e. The van der Waals surface area contributed by atoms with E-state index in [1.165, 1.54) is 12.1 Å². The highest BCUT2D eigenvalue weighted by molar-refractivity contribution is 5.46. The van der Waals surface area contributed by atoms with Gasteiger partial charge in [-0.3, -0.25) is 0 Å². The Kier molecular flexibility index (Phi) is 3.57. The molecule has 0 saturated carbocycles. The Hall–Kier alpha value is -1.23. The van der Waals surface area contributed by atoms with Crippen molar-refractivity contribution < 1.29 is 13.2 Å². The first-order chi connectivity index (χ1) is 8.05. The summed E-state index contributed by atoms with van der Waals surface area (Å²) in [5.74, 6) is 0. The average molecular weight is 244 g/mol. The maximum absolute atomic E-state index is 12.3. The fraction of sp³-hybridized carbons (Fsp3) is 0.500. The number of hydrogen-bond acceptors (Lipinski definition) is 2. The van der Waals surface area contributed by atoms with E-state index in [4.69, 9.17) is 0 Å². The van der Waals surface area contributed by atoms with Gasteiger partial charge in [0, 0.05) is 11.7 Å². The van der Waals surface area contributed by atoms with Crippen molar-refractivity contribution in [3.05, 3.63) is 29.8 Å². The first-order valence-corrected chi connectivity index (χ1v) is 5.70. The van der Waals surface area contributed by atoms with E-state index in [2.05, 4.69) is 10.6 Å². The molecule has 0 aromatic heterocycles. The second-order valence-corrected chi connectivity index (χ2v) is 4.24. The summed E-state index contributed by atoms with van der Waals surface area (Å²) in [6.07, 6.45) is -2.25. The van der Waals surface area contributed by atoms with Gasteiger partial charge in [0.05, 0.1) is 5.56 Å². The van der Waals surface area contributed by atoms with Crippen LogP contribution in [0.2, 0.25) is 0 Å². The van der Waals surface area contributed by atoms with Crippen molar-refractivity contribution >= 4 is 5.69 Å². The largest absolute Gasteiger partial charge is 0.416 e. The number of halogens is 3. The normalized spacial score (nSPS) is 18.1. The van der Waals surface area contributed by atoms with Crippen molar-refractivity contribution in [1.82, 2.24) is 5.32 Å². The Morgan fingerprint density at radius 1 is 1.06 bits per heavy atom. The third-order valence-electron chi connectivity index (χ3n) is 2.92. The lowest BCUT2D eigenvalue weighted by Crippen LogP contribution is -2.35. The SMILES string of the molecule is FC(F)(F)c1ccc(NC2CCNCC2)cc1. The highest BCUT2D eigenvalue weighted by Crippen LogP contribution is 2.30. The van der Waals surface area contributed by atoms with Crippen LogP contribution in [-0.4, -0.2) is 19.1 Å². The molecule has 2 rings (SSSR count). The summed E-state index contributed by atoms with van der Waals surface area (Å²) >= 11 is 0. The van der Waals surface area contributed by atoms with Gasteiger partial charge in [-0.15, -0.1) is 0 Å². The molecule has 0 bridgehead atoms. The van der Waals surface area contributed by atoms with Gasteiger partial charge in [-0.05, 0) is 50.2 Å². The third-order valence-corrected chi connectivity index (χ3v) is 2.92. The summed E-state index contributed by atoms with van der Waals surface area (Å²) in [4.78, 5) is 0. The molecule has 1 heterocycles. The van der Waals surface area contributed by atoms with Crippen LogP contribution >= 0.6 is 0 Å². The van der Waals surface area contributed by atoms with E-state index < -0.39 is 11.7 Å². The first-order valence-electron chi connectivity index (χ1n) is 5.70. The number of alkyl halides is 3. The van der Waals surface area contributed by atoms with Crippen LogP contribution in [0.1, 0.15) is 18.4 Å². The van der Waals surface area contributed by atoms with Crippen LogP contribution in [0.3, 0.4) is 0 Å². The van der Waals surface area contributed by atoms with Crippen LogP contribution in [0.4, 0.5) is 18.9 Å². The first kappa shape index (κ1) is 12.2. The summed E-state index contributed by atoms with van der Waals surface area (Å²) in [6, 6.07) is 5.57. The molecule has 2 N–H and O–H groups in total. The lowest BCUT2D eigenvalue weighted by molar-refractivity contribution is -0.137. The van der Waals surface area contributed by atoms with Crippen molar-refractivity contribution in [1.29, 1.82) is 0 Å². The molecule has 1 aromatic rings. The fourth-order valence-corrected chi connectivity index (χ4v) is 1.96. The second kappa shape index (κ2) is 4.96. The van der Waals surface area contributed by atoms with Crippen LogP contribution in [0, 0.1) is 0 Å². The Morgan fingerprint density at radius 3 is 2.18 bits per heavy atom. The molecule has 0 radical (unpaired) electrons. The van der Waals surface area contributed by atoms with Crippen LogP contribution in [0.15, 0.2) is 24.3 Å². The topological polar surface area (TPSA) is 24.1 Å². The highest BCUT2D eigenvalue weighted by atomic mass is 19.4. The predicted molar refractivity (Wildman–Crippen MR) is 61.0 cm³/mol. The van der Waals surface area contributed by atoms with Gasteiger partial charge < -0.3 is 10.6 Å². The van der Waals surface area contributed by atoms with Gasteiger partial charge in [-0.2, -0.15) is 13.2 Å². The van der Waals surface area contributed by atoms with Gasteiger partial charge in [0.15, 0.2) is 0 Å². The lowest BCUT2D eigenvalue weighted by atomic mass is 10.1. The van der Waals surface area contributed by atoms with Crippen molar-refractivity contribution in [3.8, 4) is 0 Å². The molecule has 17 heavy (non-hydrogen) atoms. The molecule has 0 unspecified atom stereocenters. The predicted octanol–water partition coefficient (Wildman–Crippen LogP) is 2.87. The zero-order valence-electron chi connectivity index (χ0n) is 9.35. The summed E-state index contributed by atoms with van der Waals surface area (Å²) < 4.78 is 37.0. The Labute approximate surface area is 98.2 Å². The van der Waals surface area contributed by atoms with Gasteiger partial charge in [0.25, 0.3) is 0 Å². The minimum absolute atomic E-state index is 0.355. The molecule has 1 aliphatic heterocycles. The molecular formula is C12H15F3N2. The summed E-state index contributed by atoms with van der Waals surface area (Å²) in [5.41, 5.74) is 0.151. The molecule has 94 valence electrons. The van der Waals surface area contributed by atoms with E-state index in [0.717, 1.165) is 43.8 Å². The Morgan fingerprint density at radius 2 is 1.65 bits per heavy atom. The summed E-state index contributed by atoms with van der Waals surface area (Å²) in [6.45, 7) is 1.91. The van der Waals surface area contributed by atoms with Gasteiger partial charge in [-0.25, -0.2) is 0 Å². The number of benzene rings is 1. The van der Waals surface area contributed by atoms with Crippen LogP contribution in [0.25, 0.3) is 0 Å². The van der Waals surface area contributed by atoms with E-state index in [-0.39, 0.29) is 0 Å². The van der Waals surface area contributed by atoms with Crippen molar-refractivity contribution in [3.63, 3.8) is 0 Å². The van der Waals surface area contributed by atoms with E-state index >= 15 is 0 Å². The van der Waals surface area contributed by atoms with Crippen molar-refractivity contribution in [2.75, 3.05) is 18.4 Å². The molecular weight excluding hydrogens is 229 g/mol. The zero-order valence-corrected chi connectivity index (χ0v) is 9.35. The van der Waals surface area contributed by atoms with Crippen molar-refractivity contribution in [2.45, 2.75) is 25.1 Å².